The highest BCUT2D eigenvalue weighted by molar-refractivity contribution is 5.50. The smallest absolute Gasteiger partial charge is 0.249 e. The summed E-state index contributed by atoms with van der Waals surface area (Å²) in [7, 11) is 0. The fourth-order valence-electron chi connectivity index (χ4n) is 2.06. The van der Waals surface area contributed by atoms with Crippen LogP contribution in [0, 0.1) is 0 Å². The Morgan fingerprint density at radius 2 is 2.26 bits per heavy atom. The zero-order valence-corrected chi connectivity index (χ0v) is 10.4. The van der Waals surface area contributed by atoms with Gasteiger partial charge in [-0.3, -0.25) is 4.98 Å². The van der Waals surface area contributed by atoms with Crippen LogP contribution in [0.2, 0.25) is 0 Å². The molecule has 0 radical (unpaired) electrons. The summed E-state index contributed by atoms with van der Waals surface area (Å²) in [5.41, 5.74) is 0.216. The van der Waals surface area contributed by atoms with E-state index in [0.29, 0.717) is 24.0 Å². The van der Waals surface area contributed by atoms with Crippen LogP contribution in [-0.4, -0.2) is 20.3 Å². The summed E-state index contributed by atoms with van der Waals surface area (Å²) in [5, 5.41) is 17.7. The summed E-state index contributed by atoms with van der Waals surface area (Å²) < 4.78 is 5.69. The molecule has 1 atom stereocenters. The van der Waals surface area contributed by atoms with Crippen LogP contribution in [0.5, 0.6) is 0 Å². The molecule has 2 aromatic heterocycles. The van der Waals surface area contributed by atoms with E-state index < -0.39 is 5.41 Å². The maximum Gasteiger partial charge on any atom is 0.249 e. The molecule has 0 aromatic carbocycles. The highest BCUT2D eigenvalue weighted by atomic mass is 16.4. The van der Waals surface area contributed by atoms with Crippen LogP contribution in [0.15, 0.2) is 52.9 Å². The number of rotatable bonds is 2. The Balaban J connectivity index is 1.98. The molecule has 2 heterocycles. The van der Waals surface area contributed by atoms with Crippen LogP contribution in [0.4, 0.5) is 0 Å². The Morgan fingerprint density at radius 3 is 3.00 bits per heavy atom. The van der Waals surface area contributed by atoms with E-state index in [-0.39, 0.29) is 0 Å². The minimum Gasteiger partial charge on any atom is -0.512 e. The van der Waals surface area contributed by atoms with Gasteiger partial charge in [0.1, 0.15) is 0 Å². The number of aliphatic hydroxyl groups is 1. The number of allylic oxidation sites excluding steroid dienone is 3. The van der Waals surface area contributed by atoms with Crippen molar-refractivity contribution in [2.75, 3.05) is 0 Å². The lowest BCUT2D eigenvalue weighted by atomic mass is 9.85. The maximum atomic E-state index is 9.64. The molecule has 96 valence electrons. The Labute approximate surface area is 110 Å². The second-order valence-corrected chi connectivity index (χ2v) is 4.68. The van der Waals surface area contributed by atoms with Crippen LogP contribution < -0.4 is 0 Å². The van der Waals surface area contributed by atoms with E-state index in [1.165, 1.54) is 0 Å². The molecule has 0 saturated heterocycles. The van der Waals surface area contributed by atoms with Gasteiger partial charge >= 0.3 is 0 Å². The Morgan fingerprint density at radius 1 is 1.37 bits per heavy atom. The molecule has 3 rings (SSSR count). The first-order valence-corrected chi connectivity index (χ1v) is 6.00. The quantitative estimate of drug-likeness (QED) is 0.835. The molecule has 0 amide bonds. The van der Waals surface area contributed by atoms with E-state index >= 15 is 0 Å². The highest BCUT2D eigenvalue weighted by Gasteiger charge is 2.30. The molecular weight excluding hydrogens is 242 g/mol. The van der Waals surface area contributed by atoms with Crippen molar-refractivity contribution in [3.05, 3.63) is 54.4 Å². The monoisotopic (exact) mass is 255 g/mol. The van der Waals surface area contributed by atoms with Gasteiger partial charge in [-0.1, -0.05) is 12.2 Å². The SMILES string of the molecule is CC1(c2nnc(-c3cccnc3)o2)C=CCC(O)=C1. The van der Waals surface area contributed by atoms with Gasteiger partial charge in [0, 0.05) is 18.8 Å². The first-order chi connectivity index (χ1) is 9.17. The molecule has 0 fully saturated rings. The van der Waals surface area contributed by atoms with Gasteiger partial charge in [0.2, 0.25) is 11.8 Å². The predicted molar refractivity (Wildman–Crippen MR) is 69.3 cm³/mol. The largest absolute Gasteiger partial charge is 0.512 e. The second-order valence-electron chi connectivity index (χ2n) is 4.68. The van der Waals surface area contributed by atoms with Crippen molar-refractivity contribution >= 4 is 0 Å². The minimum absolute atomic E-state index is 0.311. The summed E-state index contributed by atoms with van der Waals surface area (Å²) in [4.78, 5) is 4.02. The van der Waals surface area contributed by atoms with Crippen molar-refractivity contribution in [2.24, 2.45) is 0 Å². The topological polar surface area (TPSA) is 72.0 Å². The molecule has 0 spiro atoms. The number of hydrogen-bond acceptors (Lipinski definition) is 5. The molecule has 0 aliphatic heterocycles. The van der Waals surface area contributed by atoms with Crippen molar-refractivity contribution in [1.29, 1.82) is 0 Å². The normalized spacial score (nSPS) is 22.3. The van der Waals surface area contributed by atoms with Crippen LogP contribution >= 0.6 is 0 Å². The van der Waals surface area contributed by atoms with Gasteiger partial charge < -0.3 is 9.52 Å². The Bertz CT molecular complexity index is 646. The van der Waals surface area contributed by atoms with Gasteiger partial charge in [-0.25, -0.2) is 0 Å². The third-order valence-electron chi connectivity index (χ3n) is 3.05. The van der Waals surface area contributed by atoms with Crippen molar-refractivity contribution in [3.8, 4) is 11.5 Å². The Kier molecular flexibility index (Phi) is 2.67. The number of aromatic nitrogens is 3. The van der Waals surface area contributed by atoms with E-state index in [2.05, 4.69) is 15.2 Å². The molecule has 5 heteroatoms. The van der Waals surface area contributed by atoms with Gasteiger partial charge in [-0.2, -0.15) is 0 Å². The number of nitrogens with zero attached hydrogens (tertiary/aromatic N) is 3. The first-order valence-electron chi connectivity index (χ1n) is 6.00. The molecular formula is C14H13N3O2. The number of aliphatic hydroxyl groups excluding tert-OH is 1. The standard InChI is InChI=1S/C14H13N3O2/c1-14(6-2-5-11(18)8-14)13-17-16-12(19-13)10-4-3-7-15-9-10/h2-4,6-9,18H,5H2,1H3. The Hall–Kier alpha value is -2.43. The molecule has 1 unspecified atom stereocenters. The second kappa shape index (κ2) is 4.35. The lowest BCUT2D eigenvalue weighted by Gasteiger charge is -2.20. The van der Waals surface area contributed by atoms with Gasteiger partial charge in [0.25, 0.3) is 0 Å². The zero-order chi connectivity index (χ0) is 13.3. The fraction of sp³-hybridized carbons (Fsp3) is 0.214. The summed E-state index contributed by atoms with van der Waals surface area (Å²) in [5.74, 6) is 1.19. The number of hydrogen-bond donors (Lipinski definition) is 1. The number of pyridine rings is 1. The van der Waals surface area contributed by atoms with E-state index in [0.717, 1.165) is 5.56 Å². The van der Waals surface area contributed by atoms with E-state index in [1.807, 2.05) is 31.2 Å². The van der Waals surface area contributed by atoms with E-state index in [9.17, 15) is 5.11 Å². The van der Waals surface area contributed by atoms with E-state index in [1.54, 1.807) is 18.5 Å². The maximum absolute atomic E-state index is 9.64. The first kappa shape index (κ1) is 11.6. The molecule has 1 N–H and O–H groups in total. The van der Waals surface area contributed by atoms with Crippen molar-refractivity contribution in [1.82, 2.24) is 15.2 Å². The van der Waals surface area contributed by atoms with Crippen LogP contribution in [-0.2, 0) is 5.41 Å². The van der Waals surface area contributed by atoms with Crippen molar-refractivity contribution in [2.45, 2.75) is 18.8 Å². The third-order valence-corrected chi connectivity index (χ3v) is 3.05. The fourth-order valence-corrected chi connectivity index (χ4v) is 2.06. The highest BCUT2D eigenvalue weighted by Crippen LogP contribution is 2.32. The zero-order valence-electron chi connectivity index (χ0n) is 10.4. The predicted octanol–water partition coefficient (Wildman–Crippen LogP) is 2.79. The third kappa shape index (κ3) is 2.14. The van der Waals surface area contributed by atoms with Gasteiger partial charge in [0.05, 0.1) is 16.7 Å². The van der Waals surface area contributed by atoms with Gasteiger partial charge in [-0.15, -0.1) is 10.2 Å². The molecule has 19 heavy (non-hydrogen) atoms. The van der Waals surface area contributed by atoms with Gasteiger partial charge in [-0.05, 0) is 25.1 Å². The summed E-state index contributed by atoms with van der Waals surface area (Å²) >= 11 is 0. The molecule has 5 nitrogen and oxygen atoms in total. The average molecular weight is 255 g/mol. The minimum atomic E-state index is -0.560. The van der Waals surface area contributed by atoms with Crippen molar-refractivity contribution < 1.29 is 9.52 Å². The summed E-state index contributed by atoms with van der Waals surface area (Å²) in [6.07, 6.45) is 9.47. The molecule has 0 saturated carbocycles. The summed E-state index contributed by atoms with van der Waals surface area (Å²) in [6, 6.07) is 3.67. The molecule has 0 bridgehead atoms. The van der Waals surface area contributed by atoms with E-state index in [4.69, 9.17) is 4.42 Å². The van der Waals surface area contributed by atoms with Crippen LogP contribution in [0.1, 0.15) is 19.2 Å². The average Bonchev–Trinajstić information content (AvgIpc) is 2.90. The molecule has 1 aliphatic rings. The lowest BCUT2D eigenvalue weighted by molar-refractivity contribution is 0.376. The molecule has 1 aliphatic carbocycles. The van der Waals surface area contributed by atoms with Gasteiger partial charge in [0.15, 0.2) is 0 Å². The van der Waals surface area contributed by atoms with Crippen molar-refractivity contribution in [3.63, 3.8) is 0 Å². The molecule has 2 aromatic rings. The summed E-state index contributed by atoms with van der Waals surface area (Å²) in [6.45, 7) is 1.92. The van der Waals surface area contributed by atoms with Crippen LogP contribution in [0.3, 0.4) is 0 Å². The lowest BCUT2D eigenvalue weighted by Crippen LogP contribution is -2.19. The van der Waals surface area contributed by atoms with Crippen LogP contribution in [0.25, 0.3) is 11.5 Å².